The highest BCUT2D eigenvalue weighted by molar-refractivity contribution is 5.96. The van der Waals surface area contributed by atoms with Gasteiger partial charge >= 0.3 is 0 Å². The highest BCUT2D eigenvalue weighted by atomic mass is 16.1. The van der Waals surface area contributed by atoms with Gasteiger partial charge in [-0.2, -0.15) is 0 Å². The van der Waals surface area contributed by atoms with Crippen LogP contribution in [0.25, 0.3) is 0 Å². The zero-order valence-corrected chi connectivity index (χ0v) is 10.1. The summed E-state index contributed by atoms with van der Waals surface area (Å²) in [5, 5.41) is 0. The monoisotopic (exact) mass is 204 g/mol. The summed E-state index contributed by atoms with van der Waals surface area (Å²) in [5.74, 6) is 0.871. The molecule has 0 spiro atoms. The highest BCUT2D eigenvalue weighted by Crippen LogP contribution is 2.13. The van der Waals surface area contributed by atoms with E-state index in [4.69, 9.17) is 0 Å². The van der Waals surface area contributed by atoms with Gasteiger partial charge in [0, 0.05) is 12.0 Å². The summed E-state index contributed by atoms with van der Waals surface area (Å²) in [4.78, 5) is 11.9. The lowest BCUT2D eigenvalue weighted by Crippen LogP contribution is -2.02. The van der Waals surface area contributed by atoms with Gasteiger partial charge in [0.05, 0.1) is 0 Å². The second-order valence-corrected chi connectivity index (χ2v) is 4.73. The van der Waals surface area contributed by atoms with Crippen LogP contribution in [0.15, 0.2) is 18.2 Å². The number of hydrogen-bond donors (Lipinski definition) is 0. The van der Waals surface area contributed by atoms with E-state index in [9.17, 15) is 4.79 Å². The van der Waals surface area contributed by atoms with E-state index >= 15 is 0 Å². The third kappa shape index (κ3) is 3.86. The van der Waals surface area contributed by atoms with Crippen molar-refractivity contribution in [2.24, 2.45) is 5.92 Å². The molecule has 0 aliphatic heterocycles. The first-order valence-corrected chi connectivity index (χ1v) is 5.60. The van der Waals surface area contributed by atoms with Crippen LogP contribution in [0.4, 0.5) is 0 Å². The van der Waals surface area contributed by atoms with Crippen molar-refractivity contribution >= 4 is 5.78 Å². The molecule has 1 rings (SSSR count). The number of carbonyl (C=O) groups excluding carboxylic acids is 1. The second kappa shape index (κ2) is 5.11. The van der Waals surface area contributed by atoms with Gasteiger partial charge < -0.3 is 0 Å². The van der Waals surface area contributed by atoms with Gasteiger partial charge in [-0.25, -0.2) is 0 Å². The summed E-state index contributed by atoms with van der Waals surface area (Å²) < 4.78 is 0. The van der Waals surface area contributed by atoms with Crippen molar-refractivity contribution in [1.82, 2.24) is 0 Å². The first-order valence-electron chi connectivity index (χ1n) is 5.60. The van der Waals surface area contributed by atoms with Crippen molar-refractivity contribution in [3.8, 4) is 0 Å². The molecule has 0 unspecified atom stereocenters. The van der Waals surface area contributed by atoms with Crippen LogP contribution >= 0.6 is 0 Å². The minimum absolute atomic E-state index is 0.274. The Hall–Kier alpha value is -1.11. The Labute approximate surface area is 92.5 Å². The van der Waals surface area contributed by atoms with Gasteiger partial charge in [-0.1, -0.05) is 31.0 Å². The Balaban J connectivity index is 2.73. The molecule has 0 atom stereocenters. The van der Waals surface area contributed by atoms with Gasteiger partial charge in [-0.3, -0.25) is 4.79 Å². The zero-order valence-electron chi connectivity index (χ0n) is 10.1. The molecule has 0 bridgehead atoms. The maximum absolute atomic E-state index is 11.9. The van der Waals surface area contributed by atoms with Crippen molar-refractivity contribution < 1.29 is 4.79 Å². The Morgan fingerprint density at radius 3 is 2.13 bits per heavy atom. The predicted molar refractivity (Wildman–Crippen MR) is 64.3 cm³/mol. The van der Waals surface area contributed by atoms with E-state index in [2.05, 4.69) is 19.9 Å². The molecule has 1 aromatic carbocycles. The average molecular weight is 204 g/mol. The van der Waals surface area contributed by atoms with Crippen molar-refractivity contribution in [2.75, 3.05) is 0 Å². The van der Waals surface area contributed by atoms with E-state index in [1.807, 2.05) is 26.0 Å². The fourth-order valence-electron chi connectivity index (χ4n) is 1.70. The molecule has 0 fully saturated rings. The van der Waals surface area contributed by atoms with Gasteiger partial charge in [0.25, 0.3) is 0 Å². The van der Waals surface area contributed by atoms with Crippen LogP contribution in [0.2, 0.25) is 0 Å². The normalized spacial score (nSPS) is 10.7. The number of Topliss-reactive ketones (excluding diaryl/α,β-unsaturated/α-hetero) is 1. The smallest absolute Gasteiger partial charge is 0.162 e. The summed E-state index contributed by atoms with van der Waals surface area (Å²) in [7, 11) is 0. The topological polar surface area (TPSA) is 17.1 Å². The third-order valence-electron chi connectivity index (χ3n) is 2.49. The zero-order chi connectivity index (χ0) is 11.4. The molecule has 0 heterocycles. The Morgan fingerprint density at radius 1 is 1.13 bits per heavy atom. The SMILES string of the molecule is Cc1cc(C)cc(C(=O)CCC(C)C)c1. The molecule has 82 valence electrons. The molecule has 15 heavy (non-hydrogen) atoms. The number of ketones is 1. The quantitative estimate of drug-likeness (QED) is 0.679. The molecule has 0 N–H and O–H groups in total. The highest BCUT2D eigenvalue weighted by Gasteiger charge is 2.07. The van der Waals surface area contributed by atoms with Crippen LogP contribution in [0.3, 0.4) is 0 Å². The molecule has 1 aromatic rings. The standard InChI is InChI=1S/C14H20O/c1-10(2)5-6-14(15)13-8-11(3)7-12(4)9-13/h7-10H,5-6H2,1-4H3. The fraction of sp³-hybridized carbons (Fsp3) is 0.500. The molecular weight excluding hydrogens is 184 g/mol. The number of rotatable bonds is 4. The van der Waals surface area contributed by atoms with E-state index < -0.39 is 0 Å². The van der Waals surface area contributed by atoms with Gasteiger partial charge in [-0.15, -0.1) is 0 Å². The molecule has 0 aliphatic rings. The first-order chi connectivity index (χ1) is 6.99. The molecule has 0 aromatic heterocycles. The van der Waals surface area contributed by atoms with Crippen LogP contribution in [0.5, 0.6) is 0 Å². The molecule has 1 nitrogen and oxygen atoms in total. The summed E-state index contributed by atoms with van der Waals surface area (Å²) in [6.45, 7) is 8.36. The van der Waals surface area contributed by atoms with E-state index in [0.717, 1.165) is 12.0 Å². The third-order valence-corrected chi connectivity index (χ3v) is 2.49. The van der Waals surface area contributed by atoms with Crippen molar-refractivity contribution in [2.45, 2.75) is 40.5 Å². The lowest BCUT2D eigenvalue weighted by Gasteiger charge is -2.06. The Kier molecular flexibility index (Phi) is 4.07. The van der Waals surface area contributed by atoms with Crippen LogP contribution in [0.1, 0.15) is 48.2 Å². The number of hydrogen-bond acceptors (Lipinski definition) is 1. The van der Waals surface area contributed by atoms with E-state index in [-0.39, 0.29) is 5.78 Å². The summed E-state index contributed by atoms with van der Waals surface area (Å²) in [6.07, 6.45) is 1.65. The Bertz CT molecular complexity index is 330. The van der Waals surface area contributed by atoms with Crippen molar-refractivity contribution in [3.63, 3.8) is 0 Å². The largest absolute Gasteiger partial charge is 0.294 e. The number of benzene rings is 1. The first kappa shape index (κ1) is 12.0. The maximum Gasteiger partial charge on any atom is 0.162 e. The predicted octanol–water partition coefficient (Wildman–Crippen LogP) is 3.92. The molecular formula is C14H20O. The van der Waals surface area contributed by atoms with Gasteiger partial charge in [-0.05, 0) is 38.3 Å². The van der Waals surface area contributed by atoms with Gasteiger partial charge in [0.2, 0.25) is 0 Å². The van der Waals surface area contributed by atoms with E-state index in [1.165, 1.54) is 11.1 Å². The summed E-state index contributed by atoms with van der Waals surface area (Å²) in [6, 6.07) is 6.06. The van der Waals surface area contributed by atoms with Crippen LogP contribution in [-0.2, 0) is 0 Å². The maximum atomic E-state index is 11.9. The lowest BCUT2D eigenvalue weighted by molar-refractivity contribution is 0.0975. The van der Waals surface area contributed by atoms with E-state index in [0.29, 0.717) is 12.3 Å². The van der Waals surface area contributed by atoms with Crippen LogP contribution in [-0.4, -0.2) is 5.78 Å². The van der Waals surface area contributed by atoms with Crippen molar-refractivity contribution in [3.05, 3.63) is 34.9 Å². The molecule has 0 saturated carbocycles. The second-order valence-electron chi connectivity index (χ2n) is 4.73. The van der Waals surface area contributed by atoms with Crippen LogP contribution in [0, 0.1) is 19.8 Å². The van der Waals surface area contributed by atoms with Crippen LogP contribution < -0.4 is 0 Å². The fourth-order valence-corrected chi connectivity index (χ4v) is 1.70. The molecule has 0 amide bonds. The van der Waals surface area contributed by atoms with Crippen molar-refractivity contribution in [1.29, 1.82) is 0 Å². The lowest BCUT2D eigenvalue weighted by atomic mass is 9.99. The van der Waals surface area contributed by atoms with Gasteiger partial charge in [0.1, 0.15) is 0 Å². The minimum atomic E-state index is 0.274. The number of aryl methyl sites for hydroxylation is 2. The Morgan fingerprint density at radius 2 is 1.67 bits per heavy atom. The number of carbonyl (C=O) groups is 1. The van der Waals surface area contributed by atoms with Gasteiger partial charge in [0.15, 0.2) is 5.78 Å². The van der Waals surface area contributed by atoms with E-state index in [1.54, 1.807) is 0 Å². The summed E-state index contributed by atoms with van der Waals surface area (Å²) in [5.41, 5.74) is 3.21. The minimum Gasteiger partial charge on any atom is -0.294 e. The molecule has 0 saturated heterocycles. The summed E-state index contributed by atoms with van der Waals surface area (Å²) >= 11 is 0. The molecule has 0 radical (unpaired) electrons. The average Bonchev–Trinajstić information content (AvgIpc) is 2.12. The molecule has 1 heteroatoms. The molecule has 0 aliphatic carbocycles.